The SMILES string of the molecule is Nc1cc(N)cc(OCCCn2cc[n+](CCCOc3cc(N)cc(N)c3)c2)c1. The van der Waals surface area contributed by atoms with Crippen molar-refractivity contribution in [1.82, 2.24) is 4.57 Å². The Kier molecular flexibility index (Phi) is 6.67. The quantitative estimate of drug-likeness (QED) is 0.235. The number of anilines is 4. The zero-order valence-corrected chi connectivity index (χ0v) is 16.5. The Labute approximate surface area is 170 Å². The van der Waals surface area contributed by atoms with Gasteiger partial charge in [-0.2, -0.15) is 0 Å². The Hall–Kier alpha value is -3.55. The van der Waals surface area contributed by atoms with E-state index in [1.807, 2.05) is 0 Å². The summed E-state index contributed by atoms with van der Waals surface area (Å²) < 4.78 is 15.7. The Morgan fingerprint density at radius 1 is 0.724 bits per heavy atom. The van der Waals surface area contributed by atoms with E-state index in [1.165, 1.54) is 0 Å². The molecule has 1 heterocycles. The number of benzene rings is 2. The number of aryl methyl sites for hydroxylation is 2. The highest BCUT2D eigenvalue weighted by Gasteiger charge is 2.05. The van der Waals surface area contributed by atoms with Gasteiger partial charge in [-0.1, -0.05) is 0 Å². The topological polar surface area (TPSA) is 131 Å². The summed E-state index contributed by atoms with van der Waals surface area (Å²) in [6.45, 7) is 2.92. The van der Waals surface area contributed by atoms with Gasteiger partial charge in [-0.05, 0) is 12.1 Å². The van der Waals surface area contributed by atoms with Crippen LogP contribution in [-0.4, -0.2) is 17.8 Å². The Balaban J connectivity index is 1.35. The van der Waals surface area contributed by atoms with E-state index in [2.05, 4.69) is 27.9 Å². The Morgan fingerprint density at radius 3 is 1.79 bits per heavy atom. The largest absolute Gasteiger partial charge is 0.493 e. The maximum Gasteiger partial charge on any atom is 0.243 e. The summed E-state index contributed by atoms with van der Waals surface area (Å²) in [5.74, 6) is 1.40. The van der Waals surface area contributed by atoms with Gasteiger partial charge in [0.05, 0.1) is 26.3 Å². The minimum Gasteiger partial charge on any atom is -0.493 e. The number of aromatic nitrogens is 2. The number of ether oxygens (including phenoxy) is 2. The lowest BCUT2D eigenvalue weighted by Crippen LogP contribution is -2.31. The lowest BCUT2D eigenvalue weighted by molar-refractivity contribution is -0.696. The van der Waals surface area contributed by atoms with Crippen LogP contribution >= 0.6 is 0 Å². The van der Waals surface area contributed by atoms with E-state index in [4.69, 9.17) is 32.4 Å². The summed E-state index contributed by atoms with van der Waals surface area (Å²) in [5.41, 5.74) is 25.5. The predicted octanol–water partition coefficient (Wildman–Crippen LogP) is 2.04. The smallest absolute Gasteiger partial charge is 0.243 e. The van der Waals surface area contributed by atoms with Crippen LogP contribution in [-0.2, 0) is 13.1 Å². The summed E-state index contributed by atoms with van der Waals surface area (Å²) in [6.07, 6.45) is 7.94. The van der Waals surface area contributed by atoms with Gasteiger partial charge in [-0.3, -0.25) is 0 Å². The minimum atomic E-state index is 0.595. The molecule has 0 unspecified atom stereocenters. The van der Waals surface area contributed by atoms with Crippen LogP contribution in [0, 0.1) is 0 Å². The molecule has 0 saturated heterocycles. The van der Waals surface area contributed by atoms with Crippen molar-refractivity contribution in [3.05, 3.63) is 55.1 Å². The van der Waals surface area contributed by atoms with Crippen molar-refractivity contribution in [3.8, 4) is 11.5 Å². The van der Waals surface area contributed by atoms with Crippen LogP contribution in [0.1, 0.15) is 12.8 Å². The first-order valence-corrected chi connectivity index (χ1v) is 9.60. The number of hydrogen-bond donors (Lipinski definition) is 4. The lowest BCUT2D eigenvalue weighted by atomic mass is 10.2. The Bertz CT molecular complexity index is 826. The molecule has 0 aliphatic carbocycles. The molecule has 8 heteroatoms. The predicted molar refractivity (Wildman–Crippen MR) is 115 cm³/mol. The number of imidazole rings is 1. The molecule has 0 saturated carbocycles. The molecule has 0 bridgehead atoms. The second kappa shape index (κ2) is 9.59. The monoisotopic (exact) mass is 397 g/mol. The van der Waals surface area contributed by atoms with Crippen LogP contribution in [0.4, 0.5) is 22.7 Å². The van der Waals surface area contributed by atoms with Gasteiger partial charge in [-0.25, -0.2) is 9.13 Å². The van der Waals surface area contributed by atoms with E-state index in [9.17, 15) is 0 Å². The van der Waals surface area contributed by atoms with Crippen molar-refractivity contribution in [1.29, 1.82) is 0 Å². The van der Waals surface area contributed by atoms with Crippen LogP contribution in [0.15, 0.2) is 55.1 Å². The zero-order valence-electron chi connectivity index (χ0n) is 16.5. The summed E-state index contributed by atoms with van der Waals surface area (Å²) in [6, 6.07) is 10.5. The third kappa shape index (κ3) is 6.53. The first-order valence-electron chi connectivity index (χ1n) is 9.60. The molecule has 0 fully saturated rings. The van der Waals surface area contributed by atoms with Crippen LogP contribution in [0.2, 0.25) is 0 Å². The van der Waals surface area contributed by atoms with Gasteiger partial charge in [0.25, 0.3) is 0 Å². The molecular weight excluding hydrogens is 368 g/mol. The number of nitrogen functional groups attached to an aromatic ring is 4. The molecule has 1 aromatic heterocycles. The third-order valence-corrected chi connectivity index (χ3v) is 4.31. The number of rotatable bonds is 10. The molecule has 3 rings (SSSR count). The fourth-order valence-corrected chi connectivity index (χ4v) is 3.04. The molecule has 29 heavy (non-hydrogen) atoms. The van der Waals surface area contributed by atoms with Gasteiger partial charge in [-0.15, -0.1) is 0 Å². The van der Waals surface area contributed by atoms with Crippen LogP contribution in [0.5, 0.6) is 11.5 Å². The lowest BCUT2D eigenvalue weighted by Gasteiger charge is -2.07. The summed E-state index contributed by atoms with van der Waals surface area (Å²) in [5, 5.41) is 0. The second-order valence-corrected chi connectivity index (χ2v) is 6.96. The van der Waals surface area contributed by atoms with E-state index in [-0.39, 0.29) is 0 Å². The van der Waals surface area contributed by atoms with Crippen molar-refractivity contribution in [3.63, 3.8) is 0 Å². The molecule has 8 N–H and O–H groups in total. The highest BCUT2D eigenvalue weighted by Crippen LogP contribution is 2.21. The van der Waals surface area contributed by atoms with Gasteiger partial charge in [0, 0.05) is 59.9 Å². The molecule has 0 aliphatic heterocycles. The maximum atomic E-state index is 5.77. The van der Waals surface area contributed by atoms with E-state index in [0.717, 1.165) is 25.9 Å². The van der Waals surface area contributed by atoms with E-state index < -0.39 is 0 Å². The summed E-state index contributed by atoms with van der Waals surface area (Å²) in [7, 11) is 0. The average molecular weight is 398 g/mol. The molecule has 154 valence electrons. The van der Waals surface area contributed by atoms with Gasteiger partial charge in [0.15, 0.2) is 0 Å². The molecule has 0 amide bonds. The van der Waals surface area contributed by atoms with Crippen molar-refractivity contribution in [2.75, 3.05) is 36.1 Å². The van der Waals surface area contributed by atoms with Crippen molar-refractivity contribution >= 4 is 22.7 Å². The molecule has 0 radical (unpaired) electrons. The molecule has 2 aromatic carbocycles. The van der Waals surface area contributed by atoms with Crippen LogP contribution in [0.3, 0.4) is 0 Å². The van der Waals surface area contributed by atoms with Gasteiger partial charge < -0.3 is 32.4 Å². The second-order valence-electron chi connectivity index (χ2n) is 6.96. The molecular formula is C21H29N6O2+. The standard InChI is InChI=1S/C21H29N6O2/c22-16-9-17(23)12-20(11-16)28-7-1-3-26-5-6-27(15-26)4-2-8-29-21-13-18(24)10-19(25)14-21/h5-6,9-15H,1-4,7-8,22-25H2/q+1. The maximum absolute atomic E-state index is 5.77. The molecule has 8 nitrogen and oxygen atoms in total. The van der Waals surface area contributed by atoms with Crippen molar-refractivity contribution in [2.45, 2.75) is 25.9 Å². The summed E-state index contributed by atoms with van der Waals surface area (Å²) in [4.78, 5) is 0. The Morgan fingerprint density at radius 2 is 1.24 bits per heavy atom. The van der Waals surface area contributed by atoms with E-state index in [1.54, 1.807) is 36.4 Å². The first kappa shape index (κ1) is 20.2. The molecule has 0 atom stereocenters. The van der Waals surface area contributed by atoms with Crippen molar-refractivity contribution < 1.29 is 14.0 Å². The normalized spacial score (nSPS) is 10.8. The fourth-order valence-electron chi connectivity index (χ4n) is 3.04. The number of hydrogen-bond acceptors (Lipinski definition) is 6. The first-order chi connectivity index (χ1) is 14.0. The van der Waals surface area contributed by atoms with Gasteiger partial charge in [0.1, 0.15) is 23.9 Å². The molecule has 3 aromatic rings. The van der Waals surface area contributed by atoms with Gasteiger partial charge in [0.2, 0.25) is 6.33 Å². The average Bonchev–Trinajstić information content (AvgIpc) is 3.09. The zero-order chi connectivity index (χ0) is 20.6. The molecule has 0 spiro atoms. The number of nitrogens with two attached hydrogens (primary N) is 4. The van der Waals surface area contributed by atoms with Crippen LogP contribution < -0.4 is 37.0 Å². The van der Waals surface area contributed by atoms with Crippen LogP contribution in [0.25, 0.3) is 0 Å². The number of nitrogens with zero attached hydrogens (tertiary/aromatic N) is 2. The minimum absolute atomic E-state index is 0.595. The van der Waals surface area contributed by atoms with Crippen molar-refractivity contribution in [2.24, 2.45) is 0 Å². The highest BCUT2D eigenvalue weighted by atomic mass is 16.5. The van der Waals surface area contributed by atoms with E-state index in [0.29, 0.717) is 47.5 Å². The fraction of sp³-hybridized carbons (Fsp3) is 0.286. The van der Waals surface area contributed by atoms with E-state index >= 15 is 0 Å². The summed E-state index contributed by atoms with van der Waals surface area (Å²) >= 11 is 0. The molecule has 0 aliphatic rings. The third-order valence-electron chi connectivity index (χ3n) is 4.31. The van der Waals surface area contributed by atoms with Gasteiger partial charge >= 0.3 is 0 Å². The highest BCUT2D eigenvalue weighted by molar-refractivity contribution is 5.57.